The summed E-state index contributed by atoms with van der Waals surface area (Å²) < 4.78 is 6.22. The molecule has 0 saturated heterocycles. The maximum absolute atomic E-state index is 6.45. The van der Waals surface area contributed by atoms with Crippen LogP contribution in [0.5, 0.6) is 0 Å². The lowest BCUT2D eigenvalue weighted by molar-refractivity contribution is -0.000160. The van der Waals surface area contributed by atoms with E-state index >= 15 is 0 Å². The van der Waals surface area contributed by atoms with Crippen LogP contribution in [0.2, 0.25) is 5.28 Å². The number of benzene rings is 3. The van der Waals surface area contributed by atoms with Gasteiger partial charge in [0.1, 0.15) is 11.2 Å². The average molecular weight is 504 g/mol. The Morgan fingerprint density at radius 1 is 0.757 bits per heavy atom. The van der Waals surface area contributed by atoms with E-state index in [4.69, 9.17) is 21.0 Å². The predicted octanol–water partition coefficient (Wildman–Crippen LogP) is 8.23. The van der Waals surface area contributed by atoms with E-state index in [1.807, 2.05) is 30.3 Å². The van der Waals surface area contributed by atoms with Gasteiger partial charge in [-0.2, -0.15) is 9.97 Å². The van der Waals surface area contributed by atoms with Crippen molar-refractivity contribution in [2.75, 3.05) is 0 Å². The van der Waals surface area contributed by atoms with Gasteiger partial charge >= 0.3 is 0 Å². The van der Waals surface area contributed by atoms with Crippen LogP contribution < -0.4 is 0 Å². The van der Waals surface area contributed by atoms with E-state index in [2.05, 4.69) is 46.4 Å². The van der Waals surface area contributed by atoms with Gasteiger partial charge in [0, 0.05) is 16.3 Å². The molecule has 182 valence electrons. The molecule has 0 amide bonds. The average Bonchev–Trinajstić information content (AvgIpc) is 3.46. The van der Waals surface area contributed by atoms with Crippen molar-refractivity contribution in [3.63, 3.8) is 0 Å². The fourth-order valence-corrected chi connectivity index (χ4v) is 9.35. The van der Waals surface area contributed by atoms with E-state index < -0.39 is 0 Å². The van der Waals surface area contributed by atoms with Crippen molar-refractivity contribution >= 4 is 33.5 Å². The Labute approximate surface area is 220 Å². The summed E-state index contributed by atoms with van der Waals surface area (Å²) in [6.45, 7) is 0. The molecular formula is C32H26ClN3O. The van der Waals surface area contributed by atoms with Gasteiger partial charge in [0.15, 0.2) is 11.6 Å². The van der Waals surface area contributed by atoms with Gasteiger partial charge in [-0.15, -0.1) is 0 Å². The highest BCUT2D eigenvalue weighted by Crippen LogP contribution is 2.78. The van der Waals surface area contributed by atoms with Crippen LogP contribution in [0.15, 0.2) is 71.1 Å². The van der Waals surface area contributed by atoms with Crippen LogP contribution in [0.25, 0.3) is 44.7 Å². The summed E-state index contributed by atoms with van der Waals surface area (Å²) in [6, 6.07) is 23.2. The molecular weight excluding hydrogens is 478 g/mol. The summed E-state index contributed by atoms with van der Waals surface area (Å²) in [7, 11) is 0. The highest BCUT2D eigenvalue weighted by atomic mass is 35.5. The fourth-order valence-electron chi connectivity index (χ4n) is 9.19. The molecule has 2 heterocycles. The highest BCUT2D eigenvalue weighted by Gasteiger charge is 2.70. The maximum Gasteiger partial charge on any atom is 0.226 e. The van der Waals surface area contributed by atoms with Crippen molar-refractivity contribution in [2.24, 2.45) is 23.2 Å². The summed E-state index contributed by atoms with van der Waals surface area (Å²) in [5.74, 6) is 4.06. The van der Waals surface area contributed by atoms with E-state index in [0.29, 0.717) is 22.5 Å². The zero-order valence-electron chi connectivity index (χ0n) is 20.5. The molecule has 4 aliphatic carbocycles. The van der Waals surface area contributed by atoms with Gasteiger partial charge in [0.25, 0.3) is 0 Å². The Hall–Kier alpha value is -3.24. The monoisotopic (exact) mass is 503 g/mol. The molecule has 0 aliphatic heterocycles. The molecule has 5 heteroatoms. The number of fused-ring (bicyclic) bond motifs is 5. The van der Waals surface area contributed by atoms with E-state index in [9.17, 15) is 0 Å². The Kier molecular flexibility index (Phi) is 3.92. The minimum Gasteiger partial charge on any atom is -0.455 e. The lowest BCUT2D eigenvalue weighted by Gasteiger charge is -2.49. The molecule has 1 spiro atoms. The van der Waals surface area contributed by atoms with Crippen molar-refractivity contribution < 1.29 is 4.42 Å². The number of nitrogens with zero attached hydrogens (tertiary/aromatic N) is 3. The third-order valence-electron chi connectivity index (χ3n) is 10.5. The van der Waals surface area contributed by atoms with Crippen LogP contribution in [0.4, 0.5) is 0 Å². The van der Waals surface area contributed by atoms with Gasteiger partial charge in [0.2, 0.25) is 5.28 Å². The summed E-state index contributed by atoms with van der Waals surface area (Å²) in [5.41, 5.74) is 6.00. The second-order valence-electron chi connectivity index (χ2n) is 12.1. The second kappa shape index (κ2) is 6.99. The Morgan fingerprint density at radius 3 is 2.51 bits per heavy atom. The Balaban J connectivity index is 1.11. The summed E-state index contributed by atoms with van der Waals surface area (Å²) in [4.78, 5) is 13.9. The molecule has 4 aliphatic rings. The first-order valence-corrected chi connectivity index (χ1v) is 13.9. The van der Waals surface area contributed by atoms with Crippen LogP contribution in [0.1, 0.15) is 44.1 Å². The molecule has 9 rings (SSSR count). The SMILES string of the molecule is Clc1nc(-c2ccc(C34C[C@@H]5CC6C[C@@H](C3)[C@@]6(C5)C4)cc2)nc(-c2cccc3c2oc2ccccc23)n1. The first kappa shape index (κ1) is 20.8. The molecule has 4 fully saturated rings. The molecule has 2 aromatic heterocycles. The summed E-state index contributed by atoms with van der Waals surface area (Å²) in [6.07, 6.45) is 8.66. The smallest absolute Gasteiger partial charge is 0.226 e. The first-order valence-electron chi connectivity index (χ1n) is 13.5. The highest BCUT2D eigenvalue weighted by molar-refractivity contribution is 6.28. The molecule has 3 aromatic carbocycles. The van der Waals surface area contributed by atoms with Crippen LogP contribution in [-0.4, -0.2) is 15.0 Å². The minimum absolute atomic E-state index is 0.192. The normalized spacial score (nSPS) is 31.2. The fraction of sp³-hybridized carbons (Fsp3) is 0.344. The van der Waals surface area contributed by atoms with Gasteiger partial charge in [0.05, 0.1) is 5.56 Å². The first-order chi connectivity index (χ1) is 18.1. The van der Waals surface area contributed by atoms with Gasteiger partial charge in [-0.1, -0.05) is 54.6 Å². The van der Waals surface area contributed by atoms with Crippen molar-refractivity contribution in [1.29, 1.82) is 0 Å². The van der Waals surface area contributed by atoms with Crippen molar-refractivity contribution in [1.82, 2.24) is 15.0 Å². The van der Waals surface area contributed by atoms with Crippen LogP contribution in [0.3, 0.4) is 0 Å². The number of hydrogen-bond donors (Lipinski definition) is 0. The molecule has 3 bridgehead atoms. The van der Waals surface area contributed by atoms with Gasteiger partial charge in [-0.25, -0.2) is 4.98 Å². The number of halogens is 1. The van der Waals surface area contributed by atoms with Crippen LogP contribution in [0, 0.1) is 23.2 Å². The Bertz CT molecular complexity index is 1740. The van der Waals surface area contributed by atoms with Crippen molar-refractivity contribution in [3.05, 3.63) is 77.6 Å². The molecule has 5 aromatic rings. The molecule has 37 heavy (non-hydrogen) atoms. The van der Waals surface area contributed by atoms with E-state index in [-0.39, 0.29) is 5.28 Å². The lowest BCUT2D eigenvalue weighted by atomic mass is 9.55. The maximum atomic E-state index is 6.45. The van der Waals surface area contributed by atoms with Crippen LogP contribution >= 0.6 is 11.6 Å². The molecule has 0 radical (unpaired) electrons. The molecule has 2 unspecified atom stereocenters. The van der Waals surface area contributed by atoms with E-state index in [1.54, 1.807) is 0 Å². The second-order valence-corrected chi connectivity index (χ2v) is 12.5. The predicted molar refractivity (Wildman–Crippen MR) is 145 cm³/mol. The topological polar surface area (TPSA) is 51.8 Å². The van der Waals surface area contributed by atoms with Gasteiger partial charge < -0.3 is 4.42 Å². The van der Waals surface area contributed by atoms with Crippen LogP contribution in [-0.2, 0) is 5.41 Å². The number of rotatable bonds is 3. The van der Waals surface area contributed by atoms with Gasteiger partial charge in [-0.3, -0.25) is 0 Å². The summed E-state index contributed by atoms with van der Waals surface area (Å²) >= 11 is 6.45. The van der Waals surface area contributed by atoms with E-state index in [1.165, 1.54) is 44.1 Å². The standard InChI is InChI=1S/C32H26ClN3O/c33-30-35-28(34-29(36-30)25-6-3-5-24-23-4-1-2-7-26(23)37-27(24)25)19-8-10-20(11-9-19)31-14-18-12-21-13-22(16-31)32(21,15-18)17-31/h1-11,18,21-22H,12-17H2/t18-,21?,22-,31?,32-/m0/s1. The number of hydrogen-bond acceptors (Lipinski definition) is 4. The minimum atomic E-state index is 0.192. The number of furan rings is 1. The Morgan fingerprint density at radius 2 is 1.59 bits per heavy atom. The molecule has 4 saturated carbocycles. The zero-order valence-corrected chi connectivity index (χ0v) is 21.2. The molecule has 4 nitrogen and oxygen atoms in total. The van der Waals surface area contributed by atoms with Crippen molar-refractivity contribution in [3.8, 4) is 22.8 Å². The lowest BCUT2D eigenvalue weighted by Crippen LogP contribution is -2.42. The number of para-hydroxylation sites is 2. The summed E-state index contributed by atoms with van der Waals surface area (Å²) in [5, 5.41) is 2.32. The van der Waals surface area contributed by atoms with E-state index in [0.717, 1.165) is 50.8 Å². The largest absolute Gasteiger partial charge is 0.455 e. The quantitative estimate of drug-likeness (QED) is 0.249. The molecule has 5 atom stereocenters. The number of aromatic nitrogens is 3. The third-order valence-corrected chi connectivity index (χ3v) is 10.6. The zero-order chi connectivity index (χ0) is 24.4. The molecule has 0 N–H and O–H groups in total. The van der Waals surface area contributed by atoms with Gasteiger partial charge in [-0.05, 0) is 96.4 Å². The van der Waals surface area contributed by atoms with Crippen molar-refractivity contribution in [2.45, 2.75) is 43.9 Å². The third kappa shape index (κ3) is 2.72.